The van der Waals surface area contributed by atoms with E-state index in [0.29, 0.717) is 10.4 Å². The summed E-state index contributed by atoms with van der Waals surface area (Å²) in [6.45, 7) is 1.71. The zero-order valence-electron chi connectivity index (χ0n) is 12.8. The molecule has 1 amide bonds. The number of aryl methyl sites for hydroxylation is 2. The number of amides is 1. The number of hydrogen-bond donors (Lipinski definition) is 2. The number of carbonyl (C=O) groups is 1. The van der Waals surface area contributed by atoms with Gasteiger partial charge in [0.1, 0.15) is 4.21 Å². The molecule has 122 valence electrons. The average molecular weight is 350 g/mol. The second-order valence-electron chi connectivity index (χ2n) is 5.73. The van der Waals surface area contributed by atoms with Crippen molar-refractivity contribution in [1.82, 2.24) is 0 Å². The average Bonchev–Trinajstić information content (AvgIpc) is 2.90. The van der Waals surface area contributed by atoms with Gasteiger partial charge in [-0.1, -0.05) is 12.1 Å². The van der Waals surface area contributed by atoms with Crippen LogP contribution in [0.3, 0.4) is 0 Å². The van der Waals surface area contributed by atoms with E-state index in [0.717, 1.165) is 36.3 Å². The van der Waals surface area contributed by atoms with Gasteiger partial charge in [-0.25, -0.2) is 13.6 Å². The smallest absolute Gasteiger partial charge is 0.266 e. The lowest BCUT2D eigenvalue weighted by atomic mass is 9.90. The largest absolute Gasteiger partial charge is 0.321 e. The minimum Gasteiger partial charge on any atom is -0.321 e. The summed E-state index contributed by atoms with van der Waals surface area (Å²) in [7, 11) is -3.79. The molecule has 7 heteroatoms. The number of fused-ring (bicyclic) bond motifs is 1. The molecular weight excluding hydrogens is 332 g/mol. The van der Waals surface area contributed by atoms with Crippen molar-refractivity contribution < 1.29 is 13.2 Å². The Balaban J connectivity index is 1.90. The Morgan fingerprint density at radius 3 is 2.70 bits per heavy atom. The highest BCUT2D eigenvalue weighted by Crippen LogP contribution is 2.30. The summed E-state index contributed by atoms with van der Waals surface area (Å²) < 4.78 is 22.9. The molecule has 1 aromatic heterocycles. The first-order valence-electron chi connectivity index (χ1n) is 7.41. The minimum atomic E-state index is -3.79. The molecule has 0 spiro atoms. The van der Waals surface area contributed by atoms with Crippen molar-refractivity contribution >= 4 is 33.0 Å². The Bertz CT molecular complexity index is 869. The van der Waals surface area contributed by atoms with E-state index in [-0.39, 0.29) is 10.1 Å². The van der Waals surface area contributed by atoms with Crippen LogP contribution in [0.4, 0.5) is 5.69 Å². The summed E-state index contributed by atoms with van der Waals surface area (Å²) in [6, 6.07) is 7.37. The summed E-state index contributed by atoms with van der Waals surface area (Å²) in [4.78, 5) is 12.9. The number of anilines is 1. The number of hydrogen-bond acceptors (Lipinski definition) is 4. The molecule has 1 aromatic carbocycles. The lowest BCUT2D eigenvalue weighted by Crippen LogP contribution is -2.15. The summed E-state index contributed by atoms with van der Waals surface area (Å²) in [5, 5.41) is 8.06. The number of nitrogens with two attached hydrogens (primary N) is 1. The van der Waals surface area contributed by atoms with Crippen LogP contribution in [-0.2, 0) is 22.9 Å². The van der Waals surface area contributed by atoms with E-state index in [9.17, 15) is 13.2 Å². The molecule has 0 unspecified atom stereocenters. The van der Waals surface area contributed by atoms with Crippen molar-refractivity contribution in [2.45, 2.75) is 36.8 Å². The highest BCUT2D eigenvalue weighted by molar-refractivity contribution is 7.91. The Labute approximate surface area is 139 Å². The van der Waals surface area contributed by atoms with E-state index in [1.165, 1.54) is 23.6 Å². The van der Waals surface area contributed by atoms with Gasteiger partial charge >= 0.3 is 0 Å². The van der Waals surface area contributed by atoms with Gasteiger partial charge < -0.3 is 5.32 Å². The Kier molecular flexibility index (Phi) is 4.27. The molecule has 3 rings (SSSR count). The molecule has 0 saturated carbocycles. The molecule has 1 heterocycles. The SMILES string of the molecule is Cc1cc(S(N)(=O)=O)sc1C(=O)Nc1cccc2c1CCCC2. The minimum absolute atomic E-state index is 0.00948. The standard InChI is InChI=1S/C16H18N2O3S2/c1-10-9-14(23(17,20)21)22-15(10)16(19)18-13-8-4-6-11-5-2-3-7-12(11)13/h4,6,8-9H,2-3,5,7H2,1H3,(H,18,19)(H2,17,20,21). The molecule has 1 aliphatic carbocycles. The Morgan fingerprint density at radius 1 is 1.26 bits per heavy atom. The van der Waals surface area contributed by atoms with Gasteiger partial charge in [0.15, 0.2) is 0 Å². The van der Waals surface area contributed by atoms with Crippen LogP contribution in [0.2, 0.25) is 0 Å². The van der Waals surface area contributed by atoms with Crippen molar-refractivity contribution in [1.29, 1.82) is 0 Å². The fourth-order valence-corrected chi connectivity index (χ4v) is 4.75. The number of benzene rings is 1. The van der Waals surface area contributed by atoms with Gasteiger partial charge in [0.2, 0.25) is 10.0 Å². The van der Waals surface area contributed by atoms with Crippen LogP contribution < -0.4 is 10.5 Å². The third kappa shape index (κ3) is 3.31. The Hall–Kier alpha value is -1.70. The van der Waals surface area contributed by atoms with Crippen LogP contribution in [0, 0.1) is 6.92 Å². The monoisotopic (exact) mass is 350 g/mol. The maximum Gasteiger partial charge on any atom is 0.266 e. The highest BCUT2D eigenvalue weighted by atomic mass is 32.2. The topological polar surface area (TPSA) is 89.3 Å². The summed E-state index contributed by atoms with van der Waals surface area (Å²) in [5.74, 6) is -0.290. The molecule has 3 N–H and O–H groups in total. The van der Waals surface area contributed by atoms with Crippen LogP contribution in [0.1, 0.15) is 39.2 Å². The van der Waals surface area contributed by atoms with Gasteiger partial charge in [0.05, 0.1) is 4.88 Å². The zero-order valence-corrected chi connectivity index (χ0v) is 14.4. The van der Waals surface area contributed by atoms with Gasteiger partial charge in [0, 0.05) is 5.69 Å². The number of thiophene rings is 1. The molecule has 0 saturated heterocycles. The third-order valence-corrected chi connectivity index (χ3v) is 6.68. The summed E-state index contributed by atoms with van der Waals surface area (Å²) >= 11 is 0.906. The molecule has 2 aromatic rings. The first-order valence-corrected chi connectivity index (χ1v) is 9.78. The normalized spacial score (nSPS) is 14.3. The predicted octanol–water partition coefficient (Wildman–Crippen LogP) is 2.84. The number of sulfonamides is 1. The molecule has 0 fully saturated rings. The predicted molar refractivity (Wildman–Crippen MR) is 91.5 cm³/mol. The van der Waals surface area contributed by atoms with Crippen molar-refractivity contribution in [3.8, 4) is 0 Å². The third-order valence-electron chi connectivity index (χ3n) is 4.03. The molecule has 0 atom stereocenters. The quantitative estimate of drug-likeness (QED) is 0.892. The van der Waals surface area contributed by atoms with Gasteiger partial charge in [-0.3, -0.25) is 4.79 Å². The molecule has 1 aliphatic rings. The van der Waals surface area contributed by atoms with E-state index >= 15 is 0 Å². The van der Waals surface area contributed by atoms with Crippen LogP contribution in [0.25, 0.3) is 0 Å². The highest BCUT2D eigenvalue weighted by Gasteiger charge is 2.21. The van der Waals surface area contributed by atoms with E-state index in [2.05, 4.69) is 11.4 Å². The number of rotatable bonds is 3. The molecule has 5 nitrogen and oxygen atoms in total. The summed E-state index contributed by atoms with van der Waals surface area (Å²) in [5.41, 5.74) is 3.90. The van der Waals surface area contributed by atoms with Crippen molar-refractivity contribution in [3.05, 3.63) is 45.8 Å². The van der Waals surface area contributed by atoms with Gasteiger partial charge in [0.25, 0.3) is 5.91 Å². The van der Waals surface area contributed by atoms with Crippen LogP contribution in [-0.4, -0.2) is 14.3 Å². The van der Waals surface area contributed by atoms with Gasteiger partial charge in [-0.2, -0.15) is 0 Å². The summed E-state index contributed by atoms with van der Waals surface area (Å²) in [6.07, 6.45) is 4.28. The molecule has 0 radical (unpaired) electrons. The fourth-order valence-electron chi connectivity index (χ4n) is 2.90. The number of nitrogens with one attached hydrogen (secondary N) is 1. The molecule has 23 heavy (non-hydrogen) atoms. The van der Waals surface area contributed by atoms with Crippen molar-refractivity contribution in [2.24, 2.45) is 5.14 Å². The van der Waals surface area contributed by atoms with Crippen molar-refractivity contribution in [3.63, 3.8) is 0 Å². The van der Waals surface area contributed by atoms with Crippen LogP contribution >= 0.6 is 11.3 Å². The maximum atomic E-state index is 12.5. The van der Waals surface area contributed by atoms with Crippen molar-refractivity contribution in [2.75, 3.05) is 5.32 Å². The molecule has 0 bridgehead atoms. The van der Waals surface area contributed by atoms with E-state index in [4.69, 9.17) is 5.14 Å². The second-order valence-corrected chi connectivity index (χ2v) is 8.57. The van der Waals surface area contributed by atoms with E-state index in [1.807, 2.05) is 12.1 Å². The fraction of sp³-hybridized carbons (Fsp3) is 0.312. The zero-order chi connectivity index (χ0) is 16.6. The molecular formula is C16H18N2O3S2. The number of carbonyl (C=O) groups excluding carboxylic acids is 1. The second kappa shape index (κ2) is 6.07. The van der Waals surface area contributed by atoms with E-state index in [1.54, 1.807) is 6.92 Å². The lowest BCUT2D eigenvalue weighted by Gasteiger charge is -2.19. The lowest BCUT2D eigenvalue weighted by molar-refractivity contribution is 0.103. The first-order chi connectivity index (χ1) is 10.9. The van der Waals surface area contributed by atoms with Gasteiger partial charge in [-0.05, 0) is 61.4 Å². The van der Waals surface area contributed by atoms with E-state index < -0.39 is 10.0 Å². The number of primary sulfonamides is 1. The van der Waals surface area contributed by atoms with Crippen LogP contribution in [0.5, 0.6) is 0 Å². The first kappa shape index (κ1) is 16.2. The Morgan fingerprint density at radius 2 is 2.00 bits per heavy atom. The van der Waals surface area contributed by atoms with Crippen LogP contribution in [0.15, 0.2) is 28.5 Å². The van der Waals surface area contributed by atoms with Gasteiger partial charge in [-0.15, -0.1) is 11.3 Å². The maximum absolute atomic E-state index is 12.5. The molecule has 0 aliphatic heterocycles.